The molecule has 2 atom stereocenters. The van der Waals surface area contributed by atoms with E-state index in [1.807, 2.05) is 18.7 Å². The lowest BCUT2D eigenvalue weighted by atomic mass is 9.82. The van der Waals surface area contributed by atoms with Crippen LogP contribution in [0.3, 0.4) is 0 Å². The van der Waals surface area contributed by atoms with Crippen molar-refractivity contribution in [3.8, 4) is 0 Å². The molecule has 1 saturated carbocycles. The summed E-state index contributed by atoms with van der Waals surface area (Å²) in [5, 5.41) is 2.87. The molecule has 0 aromatic carbocycles. The Labute approximate surface area is 137 Å². The van der Waals surface area contributed by atoms with Gasteiger partial charge in [-0.1, -0.05) is 19.3 Å². The molecule has 3 fully saturated rings. The molecule has 0 radical (unpaired) electrons. The average molecular weight is 321 g/mol. The number of carbonyl (C=O) groups excluding carboxylic acids is 3. The van der Waals surface area contributed by atoms with E-state index in [1.165, 1.54) is 0 Å². The van der Waals surface area contributed by atoms with E-state index in [0.29, 0.717) is 12.8 Å². The number of carbonyl (C=O) groups is 3. The first-order chi connectivity index (χ1) is 10.9. The zero-order chi connectivity index (χ0) is 16.6. The smallest absolute Gasteiger partial charge is 0.325 e. The van der Waals surface area contributed by atoms with Gasteiger partial charge in [-0.15, -0.1) is 0 Å². The molecule has 0 aromatic heterocycles. The number of amides is 4. The highest BCUT2D eigenvalue weighted by molar-refractivity contribution is 6.09. The number of nitrogens with one attached hydrogen (secondary N) is 1. The van der Waals surface area contributed by atoms with Crippen molar-refractivity contribution in [1.29, 1.82) is 0 Å². The van der Waals surface area contributed by atoms with Crippen LogP contribution in [0.1, 0.15) is 65.2 Å². The fourth-order valence-corrected chi connectivity index (χ4v) is 4.44. The van der Waals surface area contributed by atoms with Crippen molar-refractivity contribution in [2.45, 2.75) is 82.8 Å². The van der Waals surface area contributed by atoms with Crippen molar-refractivity contribution in [3.63, 3.8) is 0 Å². The summed E-state index contributed by atoms with van der Waals surface area (Å²) >= 11 is 0. The Morgan fingerprint density at radius 3 is 2.30 bits per heavy atom. The van der Waals surface area contributed by atoms with Gasteiger partial charge in [-0.2, -0.15) is 0 Å². The summed E-state index contributed by atoms with van der Waals surface area (Å²) < 4.78 is 0. The van der Waals surface area contributed by atoms with Gasteiger partial charge in [-0.25, -0.2) is 4.79 Å². The minimum atomic E-state index is -0.741. The molecular weight excluding hydrogens is 294 g/mol. The molecule has 3 aliphatic rings. The van der Waals surface area contributed by atoms with Gasteiger partial charge in [0, 0.05) is 12.1 Å². The zero-order valence-corrected chi connectivity index (χ0v) is 14.1. The standard InChI is InChI=1S/C17H27N3O3/c1-12-7-6-8-13(2)20(12)14(21)11-19-15(22)17(18-16(19)23)9-4-3-5-10-17/h12-13H,3-11H2,1-2H3,(H,18,23). The molecule has 2 heterocycles. The van der Waals surface area contributed by atoms with Crippen LogP contribution in [-0.2, 0) is 9.59 Å². The Morgan fingerprint density at radius 2 is 1.70 bits per heavy atom. The molecule has 1 aliphatic carbocycles. The predicted molar refractivity (Wildman–Crippen MR) is 85.7 cm³/mol. The molecule has 2 unspecified atom stereocenters. The van der Waals surface area contributed by atoms with Crippen LogP contribution in [0, 0.1) is 0 Å². The van der Waals surface area contributed by atoms with E-state index in [1.54, 1.807) is 0 Å². The third kappa shape index (κ3) is 2.83. The molecule has 0 bridgehead atoms. The van der Waals surface area contributed by atoms with Gasteiger partial charge in [0.2, 0.25) is 5.91 Å². The van der Waals surface area contributed by atoms with Crippen LogP contribution in [0.4, 0.5) is 4.79 Å². The van der Waals surface area contributed by atoms with Crippen LogP contribution in [0.5, 0.6) is 0 Å². The molecule has 4 amide bonds. The van der Waals surface area contributed by atoms with Crippen molar-refractivity contribution in [2.24, 2.45) is 0 Å². The average Bonchev–Trinajstić information content (AvgIpc) is 2.72. The van der Waals surface area contributed by atoms with Crippen molar-refractivity contribution in [2.75, 3.05) is 6.54 Å². The highest BCUT2D eigenvalue weighted by Crippen LogP contribution is 2.34. The largest absolute Gasteiger partial charge is 0.336 e. The first kappa shape index (κ1) is 16.3. The van der Waals surface area contributed by atoms with Gasteiger partial charge in [0.15, 0.2) is 0 Å². The highest BCUT2D eigenvalue weighted by Gasteiger charge is 2.52. The molecule has 3 rings (SSSR count). The Kier molecular flexibility index (Phi) is 4.34. The topological polar surface area (TPSA) is 69.7 Å². The number of urea groups is 1. The van der Waals surface area contributed by atoms with Gasteiger partial charge in [-0.3, -0.25) is 14.5 Å². The Morgan fingerprint density at radius 1 is 1.09 bits per heavy atom. The first-order valence-electron chi connectivity index (χ1n) is 8.90. The van der Waals surface area contributed by atoms with E-state index in [9.17, 15) is 14.4 Å². The number of imide groups is 1. The van der Waals surface area contributed by atoms with Crippen LogP contribution < -0.4 is 5.32 Å². The fraction of sp³-hybridized carbons (Fsp3) is 0.824. The molecule has 0 aromatic rings. The van der Waals surface area contributed by atoms with Gasteiger partial charge in [0.05, 0.1) is 0 Å². The van der Waals surface area contributed by atoms with E-state index < -0.39 is 11.6 Å². The number of piperidine rings is 1. The zero-order valence-electron chi connectivity index (χ0n) is 14.1. The lowest BCUT2D eigenvalue weighted by molar-refractivity contribution is -0.143. The second kappa shape index (κ2) is 6.13. The van der Waals surface area contributed by atoms with Gasteiger partial charge in [0.25, 0.3) is 5.91 Å². The molecule has 2 aliphatic heterocycles. The maximum atomic E-state index is 12.7. The molecule has 6 heteroatoms. The van der Waals surface area contributed by atoms with Crippen molar-refractivity contribution >= 4 is 17.8 Å². The van der Waals surface area contributed by atoms with Gasteiger partial charge in [-0.05, 0) is 46.0 Å². The monoisotopic (exact) mass is 321 g/mol. The number of rotatable bonds is 2. The van der Waals surface area contributed by atoms with Crippen molar-refractivity contribution in [3.05, 3.63) is 0 Å². The van der Waals surface area contributed by atoms with E-state index in [2.05, 4.69) is 5.32 Å². The SMILES string of the molecule is CC1CCCC(C)N1C(=O)CN1C(=O)NC2(CCCCC2)C1=O. The Hall–Kier alpha value is -1.59. The van der Waals surface area contributed by atoms with Crippen LogP contribution >= 0.6 is 0 Å². The van der Waals surface area contributed by atoms with Crippen LogP contribution in [0.15, 0.2) is 0 Å². The fourth-order valence-electron chi connectivity index (χ4n) is 4.44. The molecule has 128 valence electrons. The van der Waals surface area contributed by atoms with E-state index in [4.69, 9.17) is 0 Å². The molecule has 6 nitrogen and oxygen atoms in total. The lowest BCUT2D eigenvalue weighted by Crippen LogP contribution is -2.52. The molecule has 2 saturated heterocycles. The second-order valence-electron chi connectivity index (χ2n) is 7.39. The number of likely N-dealkylation sites (tertiary alicyclic amines) is 1. The summed E-state index contributed by atoms with van der Waals surface area (Å²) in [5.74, 6) is -0.311. The quantitative estimate of drug-likeness (QED) is 0.791. The minimum Gasteiger partial charge on any atom is -0.336 e. The second-order valence-corrected chi connectivity index (χ2v) is 7.39. The minimum absolute atomic E-state index is 0.110. The van der Waals surface area contributed by atoms with Gasteiger partial charge >= 0.3 is 6.03 Å². The van der Waals surface area contributed by atoms with Crippen molar-refractivity contribution < 1.29 is 14.4 Å². The van der Waals surface area contributed by atoms with E-state index >= 15 is 0 Å². The Bertz CT molecular complexity index is 503. The summed E-state index contributed by atoms with van der Waals surface area (Å²) in [6.45, 7) is 3.96. The molecule has 23 heavy (non-hydrogen) atoms. The number of hydrogen-bond donors (Lipinski definition) is 1. The Balaban J connectivity index is 1.71. The van der Waals surface area contributed by atoms with Gasteiger partial charge < -0.3 is 10.2 Å². The van der Waals surface area contributed by atoms with E-state index in [-0.39, 0.29) is 30.4 Å². The normalized spacial score (nSPS) is 30.7. The van der Waals surface area contributed by atoms with Crippen LogP contribution in [0.25, 0.3) is 0 Å². The first-order valence-corrected chi connectivity index (χ1v) is 8.90. The summed E-state index contributed by atoms with van der Waals surface area (Å²) in [6.07, 6.45) is 7.49. The molecule has 1 spiro atoms. The number of nitrogens with zero attached hydrogens (tertiary/aromatic N) is 2. The van der Waals surface area contributed by atoms with Crippen LogP contribution in [0.2, 0.25) is 0 Å². The van der Waals surface area contributed by atoms with Gasteiger partial charge in [0.1, 0.15) is 12.1 Å². The van der Waals surface area contributed by atoms with E-state index in [0.717, 1.165) is 43.4 Å². The maximum absolute atomic E-state index is 12.7. The predicted octanol–water partition coefficient (Wildman–Crippen LogP) is 2.03. The summed E-state index contributed by atoms with van der Waals surface area (Å²) in [5.41, 5.74) is -0.741. The van der Waals surface area contributed by atoms with Crippen molar-refractivity contribution in [1.82, 2.24) is 15.1 Å². The lowest BCUT2D eigenvalue weighted by Gasteiger charge is -2.39. The summed E-state index contributed by atoms with van der Waals surface area (Å²) in [7, 11) is 0. The molecular formula is C17H27N3O3. The summed E-state index contributed by atoms with van der Waals surface area (Å²) in [6, 6.07) is -0.0473. The highest BCUT2D eigenvalue weighted by atomic mass is 16.2. The van der Waals surface area contributed by atoms with Crippen LogP contribution in [-0.4, -0.2) is 51.8 Å². The number of hydrogen-bond acceptors (Lipinski definition) is 3. The third-order valence-corrected chi connectivity index (χ3v) is 5.73. The summed E-state index contributed by atoms with van der Waals surface area (Å²) in [4.78, 5) is 40.7. The third-order valence-electron chi connectivity index (χ3n) is 5.73. The molecule has 1 N–H and O–H groups in total. The maximum Gasteiger partial charge on any atom is 0.325 e.